The minimum atomic E-state index is -0.269. The first-order valence-corrected chi connectivity index (χ1v) is 5.89. The third-order valence-corrected chi connectivity index (χ3v) is 2.42. The van der Waals surface area contributed by atoms with Gasteiger partial charge in [-0.05, 0) is 30.7 Å². The molecule has 1 rings (SSSR count). The molecule has 0 spiro atoms. The van der Waals surface area contributed by atoms with Gasteiger partial charge in [0.1, 0.15) is 5.57 Å². The van der Waals surface area contributed by atoms with Crippen molar-refractivity contribution >= 4 is 18.6 Å². The molecule has 0 aromatic rings. The summed E-state index contributed by atoms with van der Waals surface area (Å²) in [6, 6.07) is 0. The molecule has 0 unspecified atom stereocenters. The first kappa shape index (κ1) is 12.2. The highest BCUT2D eigenvalue weighted by atomic mass is 32.1. The Morgan fingerprint density at radius 1 is 1.33 bits per heavy atom. The molecule has 0 N–H and O–H groups in total. The SMILES string of the molecule is O=C(OCCCCCCS)C1=C=CC=C1. The van der Waals surface area contributed by atoms with Crippen molar-refractivity contribution in [1.82, 2.24) is 0 Å². The number of carbonyl (C=O) groups excluding carboxylic acids is 1. The molecule has 0 saturated carbocycles. The molecule has 15 heavy (non-hydrogen) atoms. The van der Waals surface area contributed by atoms with E-state index < -0.39 is 0 Å². The maximum absolute atomic E-state index is 11.3. The number of thiol groups is 1. The third kappa shape index (κ3) is 4.91. The summed E-state index contributed by atoms with van der Waals surface area (Å²) in [4.78, 5) is 11.3. The fourth-order valence-corrected chi connectivity index (χ4v) is 1.49. The number of ether oxygens (including phenoxy) is 1. The van der Waals surface area contributed by atoms with Crippen LogP contribution >= 0.6 is 12.6 Å². The summed E-state index contributed by atoms with van der Waals surface area (Å²) < 4.78 is 5.08. The second-order valence-electron chi connectivity index (χ2n) is 3.36. The predicted octanol–water partition coefficient (Wildman–Crippen LogP) is 2.67. The van der Waals surface area contributed by atoms with E-state index in [1.165, 1.54) is 0 Å². The average Bonchev–Trinajstić information content (AvgIpc) is 2.76. The molecule has 1 aliphatic carbocycles. The molecule has 0 heterocycles. The molecular weight excluding hydrogens is 208 g/mol. The first-order chi connectivity index (χ1) is 7.34. The van der Waals surface area contributed by atoms with E-state index in [9.17, 15) is 4.79 Å². The van der Waals surface area contributed by atoms with E-state index in [-0.39, 0.29) is 5.97 Å². The second-order valence-corrected chi connectivity index (χ2v) is 3.80. The van der Waals surface area contributed by atoms with Gasteiger partial charge in [-0.2, -0.15) is 12.6 Å². The van der Waals surface area contributed by atoms with Crippen LogP contribution in [0.15, 0.2) is 29.5 Å². The second kappa shape index (κ2) is 7.38. The van der Waals surface area contributed by atoms with Crippen LogP contribution in [0, 0.1) is 0 Å². The Morgan fingerprint density at radius 2 is 2.13 bits per heavy atom. The van der Waals surface area contributed by atoms with Crippen LogP contribution in [-0.4, -0.2) is 18.3 Å². The number of esters is 1. The van der Waals surface area contributed by atoms with E-state index >= 15 is 0 Å². The molecule has 0 aliphatic heterocycles. The van der Waals surface area contributed by atoms with Crippen molar-refractivity contribution in [2.75, 3.05) is 12.4 Å². The third-order valence-electron chi connectivity index (χ3n) is 2.10. The van der Waals surface area contributed by atoms with Crippen molar-refractivity contribution in [3.05, 3.63) is 29.5 Å². The molecule has 1 aliphatic rings. The highest BCUT2D eigenvalue weighted by Gasteiger charge is 2.07. The summed E-state index contributed by atoms with van der Waals surface area (Å²) in [5.74, 6) is 0.664. The molecule has 0 atom stereocenters. The van der Waals surface area contributed by atoms with Gasteiger partial charge in [-0.3, -0.25) is 0 Å². The van der Waals surface area contributed by atoms with Gasteiger partial charge in [-0.15, -0.1) is 5.73 Å². The minimum Gasteiger partial charge on any atom is -0.462 e. The van der Waals surface area contributed by atoms with Crippen LogP contribution in [0.5, 0.6) is 0 Å². The molecule has 0 saturated heterocycles. The zero-order valence-corrected chi connectivity index (χ0v) is 9.63. The zero-order chi connectivity index (χ0) is 10.9. The lowest BCUT2D eigenvalue weighted by molar-refractivity contribution is -0.138. The molecular formula is C12H16O2S. The van der Waals surface area contributed by atoms with E-state index in [4.69, 9.17) is 4.74 Å². The number of unbranched alkanes of at least 4 members (excludes halogenated alkanes) is 3. The first-order valence-electron chi connectivity index (χ1n) is 5.26. The van der Waals surface area contributed by atoms with Crippen LogP contribution in [-0.2, 0) is 9.53 Å². The average molecular weight is 224 g/mol. The van der Waals surface area contributed by atoms with Crippen LogP contribution in [0.3, 0.4) is 0 Å². The van der Waals surface area contributed by atoms with Crippen LogP contribution in [0.2, 0.25) is 0 Å². The van der Waals surface area contributed by atoms with Gasteiger partial charge in [0, 0.05) is 0 Å². The maximum Gasteiger partial charge on any atom is 0.346 e. The summed E-state index contributed by atoms with van der Waals surface area (Å²) in [6.07, 6.45) is 9.52. The van der Waals surface area contributed by atoms with Gasteiger partial charge in [0.2, 0.25) is 0 Å². The zero-order valence-electron chi connectivity index (χ0n) is 8.74. The number of hydrogen-bond acceptors (Lipinski definition) is 3. The quantitative estimate of drug-likeness (QED) is 0.311. The highest BCUT2D eigenvalue weighted by molar-refractivity contribution is 7.80. The van der Waals surface area contributed by atoms with Crippen LogP contribution in [0.4, 0.5) is 0 Å². The van der Waals surface area contributed by atoms with Crippen molar-refractivity contribution < 1.29 is 9.53 Å². The minimum absolute atomic E-state index is 0.269. The molecule has 2 nitrogen and oxygen atoms in total. The van der Waals surface area contributed by atoms with Gasteiger partial charge in [0.05, 0.1) is 6.61 Å². The van der Waals surface area contributed by atoms with Crippen LogP contribution < -0.4 is 0 Å². The Bertz CT molecular complexity index is 299. The van der Waals surface area contributed by atoms with E-state index in [2.05, 4.69) is 18.4 Å². The van der Waals surface area contributed by atoms with Gasteiger partial charge in [0.15, 0.2) is 0 Å². The molecule has 0 aromatic heterocycles. The Balaban J connectivity index is 2.03. The lowest BCUT2D eigenvalue weighted by Crippen LogP contribution is -2.06. The summed E-state index contributed by atoms with van der Waals surface area (Å²) in [6.45, 7) is 0.504. The molecule has 0 bridgehead atoms. The molecule has 0 aromatic carbocycles. The normalized spacial score (nSPS) is 13.0. The molecule has 0 radical (unpaired) electrons. The number of allylic oxidation sites excluding steroid dienone is 1. The molecule has 0 amide bonds. The van der Waals surface area contributed by atoms with Gasteiger partial charge in [-0.25, -0.2) is 4.79 Å². The van der Waals surface area contributed by atoms with Crippen LogP contribution in [0.25, 0.3) is 0 Å². The van der Waals surface area contributed by atoms with Crippen molar-refractivity contribution in [3.8, 4) is 0 Å². The maximum atomic E-state index is 11.3. The van der Waals surface area contributed by atoms with E-state index in [1.54, 1.807) is 18.2 Å². The number of hydrogen-bond donors (Lipinski definition) is 1. The standard InChI is InChI=1S/C12H16O2S/c13-12(11-7-3-4-8-11)14-9-5-1-2-6-10-15/h3-4,7,15H,1-2,5-6,9-10H2. The predicted molar refractivity (Wildman–Crippen MR) is 64.0 cm³/mol. The summed E-state index contributed by atoms with van der Waals surface area (Å²) >= 11 is 4.13. The largest absolute Gasteiger partial charge is 0.462 e. The monoisotopic (exact) mass is 224 g/mol. The van der Waals surface area contributed by atoms with E-state index in [0.29, 0.717) is 12.2 Å². The highest BCUT2D eigenvalue weighted by Crippen LogP contribution is 2.06. The fraction of sp³-hybridized carbons (Fsp3) is 0.500. The van der Waals surface area contributed by atoms with Crippen molar-refractivity contribution in [2.45, 2.75) is 25.7 Å². The number of carbonyl (C=O) groups is 1. The Morgan fingerprint density at radius 3 is 2.80 bits per heavy atom. The van der Waals surface area contributed by atoms with Crippen LogP contribution in [0.1, 0.15) is 25.7 Å². The smallest absolute Gasteiger partial charge is 0.346 e. The number of rotatable bonds is 7. The van der Waals surface area contributed by atoms with Gasteiger partial charge in [-0.1, -0.05) is 18.9 Å². The molecule has 0 fully saturated rings. The van der Waals surface area contributed by atoms with Gasteiger partial charge >= 0.3 is 5.97 Å². The van der Waals surface area contributed by atoms with Gasteiger partial charge < -0.3 is 4.74 Å². The Kier molecular flexibility index (Phi) is 5.98. The van der Waals surface area contributed by atoms with E-state index in [1.807, 2.05) is 0 Å². The van der Waals surface area contributed by atoms with Gasteiger partial charge in [0.25, 0.3) is 0 Å². The van der Waals surface area contributed by atoms with E-state index in [0.717, 1.165) is 31.4 Å². The molecule has 3 heteroatoms. The lowest BCUT2D eigenvalue weighted by atomic mass is 10.2. The van der Waals surface area contributed by atoms with Crippen molar-refractivity contribution in [2.24, 2.45) is 0 Å². The topological polar surface area (TPSA) is 26.3 Å². The van der Waals surface area contributed by atoms with Crippen molar-refractivity contribution in [1.29, 1.82) is 0 Å². The summed E-state index contributed by atoms with van der Waals surface area (Å²) in [5.41, 5.74) is 3.33. The lowest BCUT2D eigenvalue weighted by Gasteiger charge is -2.03. The summed E-state index contributed by atoms with van der Waals surface area (Å²) in [5, 5.41) is 0. The Hall–Kier alpha value is -0.920. The fourth-order valence-electron chi connectivity index (χ4n) is 1.27. The summed E-state index contributed by atoms with van der Waals surface area (Å²) in [7, 11) is 0. The molecule has 82 valence electrons. The Labute approximate surface area is 96.1 Å². The van der Waals surface area contributed by atoms with Crippen molar-refractivity contribution in [3.63, 3.8) is 0 Å².